The van der Waals surface area contributed by atoms with E-state index in [1.807, 2.05) is 37.3 Å². The number of benzene rings is 2. The summed E-state index contributed by atoms with van der Waals surface area (Å²) in [5.74, 6) is 0.796. The van der Waals surface area contributed by atoms with Crippen molar-refractivity contribution in [2.75, 3.05) is 7.11 Å². The molecule has 1 atom stereocenters. The first-order valence-electron chi connectivity index (χ1n) is 8.87. The van der Waals surface area contributed by atoms with Gasteiger partial charge in [0, 0.05) is 12.4 Å². The van der Waals surface area contributed by atoms with Gasteiger partial charge in [0.15, 0.2) is 11.5 Å². The van der Waals surface area contributed by atoms with E-state index in [0.29, 0.717) is 18.1 Å². The Labute approximate surface area is 163 Å². The zero-order valence-corrected chi connectivity index (χ0v) is 15.8. The van der Waals surface area contributed by atoms with E-state index in [9.17, 15) is 9.90 Å². The number of rotatable bonds is 7. The Balaban J connectivity index is 1.70. The highest BCUT2D eigenvalue weighted by Gasteiger charge is 2.16. The van der Waals surface area contributed by atoms with Crippen LogP contribution in [-0.2, 0) is 6.61 Å². The third-order valence-electron chi connectivity index (χ3n) is 4.33. The van der Waals surface area contributed by atoms with Crippen LogP contribution in [0.25, 0.3) is 0 Å². The maximum absolute atomic E-state index is 12.4. The Morgan fingerprint density at radius 3 is 2.57 bits per heavy atom. The van der Waals surface area contributed by atoms with Crippen LogP contribution in [0.2, 0.25) is 0 Å². The summed E-state index contributed by atoms with van der Waals surface area (Å²) in [5.41, 5.74) is 2.10. The van der Waals surface area contributed by atoms with E-state index in [4.69, 9.17) is 9.47 Å². The lowest BCUT2D eigenvalue weighted by molar-refractivity contribution is 0.0937. The Hall–Kier alpha value is -3.54. The number of amides is 1. The van der Waals surface area contributed by atoms with Crippen LogP contribution in [0.15, 0.2) is 67.0 Å². The largest absolute Gasteiger partial charge is 0.507 e. The Kier molecular flexibility index (Phi) is 6.11. The van der Waals surface area contributed by atoms with Crippen LogP contribution >= 0.6 is 0 Å². The van der Waals surface area contributed by atoms with Crippen LogP contribution in [0.3, 0.4) is 0 Å². The van der Waals surface area contributed by atoms with Crippen molar-refractivity contribution >= 4 is 5.91 Å². The molecule has 6 heteroatoms. The van der Waals surface area contributed by atoms with Crippen LogP contribution in [0.5, 0.6) is 17.2 Å². The normalized spacial score (nSPS) is 11.5. The Morgan fingerprint density at radius 1 is 1.11 bits per heavy atom. The lowest BCUT2D eigenvalue weighted by Crippen LogP contribution is -2.26. The minimum atomic E-state index is -0.345. The number of carbonyl (C=O) groups excluding carboxylic acids is 1. The second-order valence-corrected chi connectivity index (χ2v) is 6.27. The number of aromatic nitrogens is 1. The molecule has 6 nitrogen and oxygen atoms in total. The van der Waals surface area contributed by atoms with Crippen molar-refractivity contribution in [2.24, 2.45) is 0 Å². The number of hydrogen-bond acceptors (Lipinski definition) is 5. The minimum absolute atomic E-state index is 0.0513. The fraction of sp³-hybridized carbons (Fsp3) is 0.182. The third kappa shape index (κ3) is 4.59. The van der Waals surface area contributed by atoms with Gasteiger partial charge in [-0.1, -0.05) is 18.2 Å². The van der Waals surface area contributed by atoms with E-state index in [2.05, 4.69) is 10.3 Å². The zero-order valence-electron chi connectivity index (χ0n) is 15.8. The van der Waals surface area contributed by atoms with Crippen LogP contribution in [0.1, 0.15) is 34.5 Å². The van der Waals surface area contributed by atoms with Gasteiger partial charge in [-0.3, -0.25) is 9.78 Å². The molecule has 0 saturated heterocycles. The number of phenolic OH excluding ortho intramolecular Hbond substituents is 1. The predicted molar refractivity (Wildman–Crippen MR) is 106 cm³/mol. The molecule has 28 heavy (non-hydrogen) atoms. The molecule has 3 aromatic rings. The highest BCUT2D eigenvalue weighted by atomic mass is 16.5. The monoisotopic (exact) mass is 378 g/mol. The molecule has 0 bridgehead atoms. The number of nitrogens with one attached hydrogen (secondary N) is 1. The second kappa shape index (κ2) is 8.90. The number of phenols is 1. The van der Waals surface area contributed by atoms with Gasteiger partial charge in [-0.2, -0.15) is 0 Å². The number of para-hydroxylation sites is 1. The van der Waals surface area contributed by atoms with Crippen molar-refractivity contribution in [3.8, 4) is 17.2 Å². The van der Waals surface area contributed by atoms with Crippen LogP contribution in [0, 0.1) is 0 Å². The van der Waals surface area contributed by atoms with E-state index in [1.54, 1.807) is 37.7 Å². The first-order chi connectivity index (χ1) is 13.6. The van der Waals surface area contributed by atoms with E-state index >= 15 is 0 Å². The van der Waals surface area contributed by atoms with Crippen LogP contribution < -0.4 is 14.8 Å². The molecule has 1 heterocycles. The average Bonchev–Trinajstić information content (AvgIpc) is 2.73. The predicted octanol–water partition coefficient (Wildman–Crippen LogP) is 3.87. The van der Waals surface area contributed by atoms with Crippen molar-refractivity contribution in [2.45, 2.75) is 19.6 Å². The Bertz CT molecular complexity index is 944. The fourth-order valence-corrected chi connectivity index (χ4v) is 2.74. The summed E-state index contributed by atoms with van der Waals surface area (Å²) in [6, 6.07) is 15.5. The van der Waals surface area contributed by atoms with Gasteiger partial charge in [-0.05, 0) is 54.4 Å². The molecule has 0 fully saturated rings. The lowest BCUT2D eigenvalue weighted by atomic mass is 10.1. The third-order valence-corrected chi connectivity index (χ3v) is 4.33. The molecule has 1 unspecified atom stereocenters. The van der Waals surface area contributed by atoms with E-state index < -0.39 is 0 Å². The number of aromatic hydroxyl groups is 1. The molecule has 0 saturated carbocycles. The van der Waals surface area contributed by atoms with Crippen molar-refractivity contribution in [1.29, 1.82) is 0 Å². The number of nitrogens with zero attached hydrogens (tertiary/aromatic N) is 1. The van der Waals surface area contributed by atoms with Gasteiger partial charge in [-0.15, -0.1) is 0 Å². The smallest absolute Gasteiger partial charge is 0.255 e. The van der Waals surface area contributed by atoms with E-state index in [0.717, 1.165) is 11.1 Å². The van der Waals surface area contributed by atoms with Crippen molar-refractivity contribution in [3.63, 3.8) is 0 Å². The number of hydrogen-bond donors (Lipinski definition) is 2. The number of ether oxygens (including phenoxy) is 2. The first kappa shape index (κ1) is 19.2. The molecular weight excluding hydrogens is 356 g/mol. The molecule has 144 valence electrons. The summed E-state index contributed by atoms with van der Waals surface area (Å²) >= 11 is 0. The number of carbonyl (C=O) groups is 1. The SMILES string of the molecule is COc1cc(C(C)NC(=O)c2ccccc2O)ccc1OCc1ccncc1. The van der Waals surface area contributed by atoms with Gasteiger partial charge in [0.25, 0.3) is 5.91 Å². The molecule has 3 rings (SSSR count). The first-order valence-corrected chi connectivity index (χ1v) is 8.87. The summed E-state index contributed by atoms with van der Waals surface area (Å²) in [4.78, 5) is 16.4. The average molecular weight is 378 g/mol. The number of methoxy groups -OCH3 is 1. The zero-order chi connectivity index (χ0) is 19.9. The van der Waals surface area contributed by atoms with Crippen molar-refractivity contribution in [1.82, 2.24) is 10.3 Å². The molecule has 0 radical (unpaired) electrons. The molecule has 0 aliphatic heterocycles. The van der Waals surface area contributed by atoms with Crippen LogP contribution in [0.4, 0.5) is 0 Å². The molecule has 1 aromatic heterocycles. The summed E-state index contributed by atoms with van der Waals surface area (Å²) in [6.07, 6.45) is 3.43. The summed E-state index contributed by atoms with van der Waals surface area (Å²) in [6.45, 7) is 2.27. The molecule has 0 aliphatic rings. The molecule has 2 aromatic carbocycles. The summed E-state index contributed by atoms with van der Waals surface area (Å²) < 4.78 is 11.3. The minimum Gasteiger partial charge on any atom is -0.507 e. The quantitative estimate of drug-likeness (QED) is 0.652. The molecular formula is C22H22N2O4. The van der Waals surface area contributed by atoms with Crippen molar-refractivity contribution in [3.05, 3.63) is 83.7 Å². The van der Waals surface area contributed by atoms with E-state index in [-0.39, 0.29) is 23.3 Å². The van der Waals surface area contributed by atoms with Gasteiger partial charge in [0.2, 0.25) is 0 Å². The topological polar surface area (TPSA) is 80.7 Å². The maximum atomic E-state index is 12.4. The standard InChI is InChI=1S/C22H22N2O4/c1-15(24-22(26)18-5-3-4-6-19(18)25)17-7-8-20(21(13-17)27-2)28-14-16-9-11-23-12-10-16/h3-13,15,25H,14H2,1-2H3,(H,24,26). The van der Waals surface area contributed by atoms with Crippen LogP contribution in [-0.4, -0.2) is 23.1 Å². The summed E-state index contributed by atoms with van der Waals surface area (Å²) in [7, 11) is 1.57. The van der Waals surface area contributed by atoms with Gasteiger partial charge >= 0.3 is 0 Å². The lowest BCUT2D eigenvalue weighted by Gasteiger charge is -2.17. The highest BCUT2D eigenvalue weighted by Crippen LogP contribution is 2.31. The summed E-state index contributed by atoms with van der Waals surface area (Å²) in [5, 5.41) is 12.7. The van der Waals surface area contributed by atoms with Gasteiger partial charge < -0.3 is 19.9 Å². The van der Waals surface area contributed by atoms with Gasteiger partial charge in [0.1, 0.15) is 12.4 Å². The highest BCUT2D eigenvalue weighted by molar-refractivity contribution is 5.97. The molecule has 0 spiro atoms. The fourth-order valence-electron chi connectivity index (χ4n) is 2.74. The van der Waals surface area contributed by atoms with Crippen molar-refractivity contribution < 1.29 is 19.4 Å². The van der Waals surface area contributed by atoms with Gasteiger partial charge in [-0.25, -0.2) is 0 Å². The van der Waals surface area contributed by atoms with E-state index in [1.165, 1.54) is 6.07 Å². The number of pyridine rings is 1. The Morgan fingerprint density at radius 2 is 1.86 bits per heavy atom. The van der Waals surface area contributed by atoms with Gasteiger partial charge in [0.05, 0.1) is 18.7 Å². The maximum Gasteiger partial charge on any atom is 0.255 e. The molecule has 2 N–H and O–H groups in total. The molecule has 0 aliphatic carbocycles. The second-order valence-electron chi connectivity index (χ2n) is 6.27. The molecule has 1 amide bonds.